The lowest BCUT2D eigenvalue weighted by Gasteiger charge is -2.05. The maximum absolute atomic E-state index is 13.5. The molecule has 0 radical (unpaired) electrons. The number of nitrogens with zero attached hydrogens (tertiary/aromatic N) is 2. The van der Waals surface area contributed by atoms with Crippen LogP contribution >= 0.6 is 12.4 Å². The van der Waals surface area contributed by atoms with E-state index >= 15 is 0 Å². The molecule has 0 bridgehead atoms. The van der Waals surface area contributed by atoms with E-state index in [-0.39, 0.29) is 12.4 Å². The number of halogens is 3. The lowest BCUT2D eigenvalue weighted by molar-refractivity contribution is 0.568. The van der Waals surface area contributed by atoms with Gasteiger partial charge in [0.1, 0.15) is 11.6 Å². The summed E-state index contributed by atoms with van der Waals surface area (Å²) in [7, 11) is 0. The summed E-state index contributed by atoms with van der Waals surface area (Å²) in [6, 6.07) is 3.49. The van der Waals surface area contributed by atoms with E-state index in [4.69, 9.17) is 0 Å². The Labute approximate surface area is 129 Å². The monoisotopic (exact) mass is 315 g/mol. The van der Waals surface area contributed by atoms with Crippen molar-refractivity contribution in [2.45, 2.75) is 39.9 Å². The molecule has 0 atom stereocenters. The highest BCUT2D eigenvalue weighted by Gasteiger charge is 2.06. The Kier molecular flexibility index (Phi) is 6.78. The van der Waals surface area contributed by atoms with Crippen molar-refractivity contribution in [1.29, 1.82) is 0 Å². The first kappa shape index (κ1) is 17.6. The van der Waals surface area contributed by atoms with Gasteiger partial charge < -0.3 is 5.32 Å². The van der Waals surface area contributed by atoms with Crippen LogP contribution in [0.3, 0.4) is 0 Å². The van der Waals surface area contributed by atoms with Gasteiger partial charge in [-0.05, 0) is 31.5 Å². The zero-order valence-electron chi connectivity index (χ0n) is 12.2. The molecule has 3 nitrogen and oxygen atoms in total. The van der Waals surface area contributed by atoms with E-state index in [1.165, 1.54) is 6.07 Å². The zero-order valence-corrected chi connectivity index (χ0v) is 13.0. The van der Waals surface area contributed by atoms with Gasteiger partial charge in [-0.2, -0.15) is 5.10 Å². The van der Waals surface area contributed by atoms with Gasteiger partial charge in [0.05, 0.1) is 5.69 Å². The number of rotatable bonds is 6. The molecular formula is C15H20ClF2N3. The second-order valence-corrected chi connectivity index (χ2v) is 4.84. The summed E-state index contributed by atoms with van der Waals surface area (Å²) in [5.74, 6) is -0.813. The van der Waals surface area contributed by atoms with Crippen molar-refractivity contribution in [3.63, 3.8) is 0 Å². The number of aryl methyl sites for hydroxylation is 2. The van der Waals surface area contributed by atoms with Crippen LogP contribution in [-0.4, -0.2) is 9.78 Å². The highest BCUT2D eigenvalue weighted by atomic mass is 35.5. The van der Waals surface area contributed by atoms with Gasteiger partial charge >= 0.3 is 0 Å². The predicted octanol–water partition coefficient (Wildman–Crippen LogP) is 3.59. The van der Waals surface area contributed by atoms with Crippen molar-refractivity contribution in [2.24, 2.45) is 0 Å². The van der Waals surface area contributed by atoms with Crippen LogP contribution in [0.4, 0.5) is 8.78 Å². The average molecular weight is 316 g/mol. The van der Waals surface area contributed by atoms with E-state index in [1.54, 1.807) is 0 Å². The van der Waals surface area contributed by atoms with Crippen molar-refractivity contribution in [2.75, 3.05) is 0 Å². The van der Waals surface area contributed by atoms with Crippen LogP contribution in [0.2, 0.25) is 0 Å². The summed E-state index contributed by atoms with van der Waals surface area (Å²) >= 11 is 0. The molecule has 21 heavy (non-hydrogen) atoms. The largest absolute Gasteiger partial charge is 0.308 e. The molecule has 0 saturated carbocycles. The fourth-order valence-corrected chi connectivity index (χ4v) is 2.09. The standard InChI is InChI=1S/C15H19F2N3.ClH/c1-3-6-20-10-13(11(2)19-20)9-18-8-12-7-14(16)4-5-15(12)17;/h4-5,7,10,18H,3,6,8-9H2,1-2H3;1H. The molecular weight excluding hydrogens is 296 g/mol. The number of hydrogen-bond acceptors (Lipinski definition) is 2. The van der Waals surface area contributed by atoms with E-state index in [0.29, 0.717) is 18.7 Å². The van der Waals surface area contributed by atoms with Crippen molar-refractivity contribution >= 4 is 12.4 Å². The summed E-state index contributed by atoms with van der Waals surface area (Å²) in [5, 5.41) is 7.52. The Balaban J connectivity index is 0.00000220. The van der Waals surface area contributed by atoms with Crippen LogP contribution in [0.1, 0.15) is 30.2 Å². The maximum atomic E-state index is 13.5. The van der Waals surface area contributed by atoms with Gasteiger partial charge in [-0.25, -0.2) is 8.78 Å². The quantitative estimate of drug-likeness (QED) is 0.883. The Morgan fingerprint density at radius 3 is 2.62 bits per heavy atom. The molecule has 0 amide bonds. The smallest absolute Gasteiger partial charge is 0.127 e. The third kappa shape index (κ3) is 4.79. The Bertz CT molecular complexity index is 584. The Hall–Kier alpha value is -1.46. The van der Waals surface area contributed by atoms with Gasteiger partial charge in [0.25, 0.3) is 0 Å². The van der Waals surface area contributed by atoms with Crippen LogP contribution < -0.4 is 5.32 Å². The minimum absolute atomic E-state index is 0. The molecule has 1 N–H and O–H groups in total. The first-order chi connectivity index (χ1) is 9.60. The number of benzene rings is 1. The second-order valence-electron chi connectivity index (χ2n) is 4.84. The van der Waals surface area contributed by atoms with Crippen LogP contribution in [0.15, 0.2) is 24.4 Å². The molecule has 0 aliphatic rings. The SMILES string of the molecule is CCCn1cc(CNCc2cc(F)ccc2F)c(C)n1.Cl. The summed E-state index contributed by atoms with van der Waals surface area (Å²) in [6.45, 7) is 5.82. The lowest BCUT2D eigenvalue weighted by Crippen LogP contribution is -2.14. The van der Waals surface area contributed by atoms with Gasteiger partial charge in [0.15, 0.2) is 0 Å². The van der Waals surface area contributed by atoms with Crippen molar-refractivity contribution in [1.82, 2.24) is 15.1 Å². The van der Waals surface area contributed by atoms with Crippen LogP contribution in [0.5, 0.6) is 0 Å². The normalized spacial score (nSPS) is 10.5. The predicted molar refractivity (Wildman–Crippen MR) is 81.4 cm³/mol. The van der Waals surface area contributed by atoms with Gasteiger partial charge in [-0.15, -0.1) is 12.4 Å². The molecule has 116 valence electrons. The van der Waals surface area contributed by atoms with E-state index in [0.717, 1.165) is 36.4 Å². The molecule has 0 aliphatic carbocycles. The van der Waals surface area contributed by atoms with Crippen molar-refractivity contribution < 1.29 is 8.78 Å². The topological polar surface area (TPSA) is 29.9 Å². The van der Waals surface area contributed by atoms with Gasteiger partial charge in [0.2, 0.25) is 0 Å². The molecule has 1 heterocycles. The minimum Gasteiger partial charge on any atom is -0.308 e. The first-order valence-electron chi connectivity index (χ1n) is 6.77. The third-order valence-electron chi connectivity index (χ3n) is 3.14. The fourth-order valence-electron chi connectivity index (χ4n) is 2.09. The molecule has 1 aromatic carbocycles. The highest BCUT2D eigenvalue weighted by Crippen LogP contribution is 2.10. The van der Waals surface area contributed by atoms with E-state index < -0.39 is 11.6 Å². The maximum Gasteiger partial charge on any atom is 0.127 e. The molecule has 6 heteroatoms. The summed E-state index contributed by atoms with van der Waals surface area (Å²) in [6.07, 6.45) is 3.02. The Morgan fingerprint density at radius 2 is 1.90 bits per heavy atom. The van der Waals surface area contributed by atoms with Crippen LogP contribution in [0, 0.1) is 18.6 Å². The summed E-state index contributed by atoms with van der Waals surface area (Å²) < 4.78 is 28.4. The average Bonchev–Trinajstić information content (AvgIpc) is 2.75. The number of aromatic nitrogens is 2. The third-order valence-corrected chi connectivity index (χ3v) is 3.14. The van der Waals surface area contributed by atoms with E-state index in [9.17, 15) is 8.78 Å². The zero-order chi connectivity index (χ0) is 14.5. The number of hydrogen-bond donors (Lipinski definition) is 1. The summed E-state index contributed by atoms with van der Waals surface area (Å²) in [4.78, 5) is 0. The summed E-state index contributed by atoms with van der Waals surface area (Å²) in [5.41, 5.74) is 2.38. The molecule has 0 spiro atoms. The van der Waals surface area contributed by atoms with E-state index in [2.05, 4.69) is 17.3 Å². The molecule has 0 aliphatic heterocycles. The molecule has 2 aromatic rings. The fraction of sp³-hybridized carbons (Fsp3) is 0.400. The molecule has 1 aromatic heterocycles. The van der Waals surface area contributed by atoms with Gasteiger partial charge in [-0.1, -0.05) is 6.92 Å². The number of nitrogens with one attached hydrogen (secondary N) is 1. The molecule has 0 unspecified atom stereocenters. The second kappa shape index (κ2) is 8.10. The van der Waals surface area contributed by atoms with Crippen LogP contribution in [0.25, 0.3) is 0 Å². The first-order valence-corrected chi connectivity index (χ1v) is 6.77. The molecule has 0 saturated heterocycles. The molecule has 2 rings (SSSR count). The Morgan fingerprint density at radius 1 is 1.19 bits per heavy atom. The van der Waals surface area contributed by atoms with Crippen molar-refractivity contribution in [3.8, 4) is 0 Å². The van der Waals surface area contributed by atoms with Crippen molar-refractivity contribution in [3.05, 3.63) is 52.9 Å². The van der Waals surface area contributed by atoms with Gasteiger partial charge in [-0.3, -0.25) is 4.68 Å². The molecule has 0 fully saturated rings. The van der Waals surface area contributed by atoms with E-state index in [1.807, 2.05) is 17.8 Å². The van der Waals surface area contributed by atoms with Crippen LogP contribution in [-0.2, 0) is 19.6 Å². The van der Waals surface area contributed by atoms with Gasteiger partial charge in [0, 0.05) is 37.0 Å². The lowest BCUT2D eigenvalue weighted by atomic mass is 10.2. The minimum atomic E-state index is -0.421. The highest BCUT2D eigenvalue weighted by molar-refractivity contribution is 5.85.